The van der Waals surface area contributed by atoms with Gasteiger partial charge in [-0.3, -0.25) is 0 Å². The molecule has 1 heterocycles. The molecule has 1 aromatic carbocycles. The number of aromatic nitrogens is 1. The summed E-state index contributed by atoms with van der Waals surface area (Å²) >= 11 is 5.91. The van der Waals surface area contributed by atoms with Crippen molar-refractivity contribution in [2.75, 3.05) is 0 Å². The predicted molar refractivity (Wildman–Crippen MR) is 61.4 cm³/mol. The van der Waals surface area contributed by atoms with E-state index in [1.807, 2.05) is 0 Å². The molecule has 0 saturated carbocycles. The van der Waals surface area contributed by atoms with Crippen LogP contribution < -0.4 is 9.84 Å². The van der Waals surface area contributed by atoms with Gasteiger partial charge in [0, 0.05) is 0 Å². The number of aryl methyl sites for hydroxylation is 1. The van der Waals surface area contributed by atoms with E-state index in [0.717, 1.165) is 0 Å². The van der Waals surface area contributed by atoms with Crippen molar-refractivity contribution in [1.29, 1.82) is 0 Å². The molecular weight excluding hydrogens is 258 g/mol. The molecule has 2 rings (SSSR count). The second-order valence-corrected chi connectivity index (χ2v) is 3.98. The van der Waals surface area contributed by atoms with Gasteiger partial charge in [0.25, 0.3) is 0 Å². The minimum Gasteiger partial charge on any atom is -0.543 e. The van der Waals surface area contributed by atoms with Crippen molar-refractivity contribution in [2.24, 2.45) is 0 Å². The molecule has 0 bridgehead atoms. The van der Waals surface area contributed by atoms with Crippen LogP contribution in [0.1, 0.15) is 21.8 Å². The molecule has 0 N–H and O–H groups in total. The number of nitrogens with zero attached hydrogens (tertiary/aromatic N) is 1. The van der Waals surface area contributed by atoms with Gasteiger partial charge in [0.05, 0.1) is 16.6 Å². The SMILES string of the molecule is Cc1onc(C(=O)[O-])c1COc1ccccc1Cl. The van der Waals surface area contributed by atoms with Crippen LogP contribution in [0.25, 0.3) is 0 Å². The molecule has 5 nitrogen and oxygen atoms in total. The Balaban J connectivity index is 2.18. The van der Waals surface area contributed by atoms with Gasteiger partial charge in [0.15, 0.2) is 0 Å². The van der Waals surface area contributed by atoms with Gasteiger partial charge in [0.1, 0.15) is 23.8 Å². The van der Waals surface area contributed by atoms with Crippen LogP contribution >= 0.6 is 11.6 Å². The Labute approximate surface area is 108 Å². The Bertz CT molecular complexity index is 579. The second kappa shape index (κ2) is 5.10. The Morgan fingerprint density at radius 2 is 2.22 bits per heavy atom. The molecular formula is C12H9ClNO4-. The van der Waals surface area contributed by atoms with Gasteiger partial charge in [-0.15, -0.1) is 0 Å². The number of hydrogen-bond acceptors (Lipinski definition) is 5. The summed E-state index contributed by atoms with van der Waals surface area (Å²) in [7, 11) is 0. The maximum atomic E-state index is 10.8. The largest absolute Gasteiger partial charge is 0.543 e. The average molecular weight is 267 g/mol. The van der Waals surface area contributed by atoms with Crippen molar-refractivity contribution in [1.82, 2.24) is 5.16 Å². The van der Waals surface area contributed by atoms with E-state index >= 15 is 0 Å². The first kappa shape index (κ1) is 12.4. The second-order valence-electron chi connectivity index (χ2n) is 3.57. The summed E-state index contributed by atoms with van der Waals surface area (Å²) in [6.07, 6.45) is 0. The highest BCUT2D eigenvalue weighted by atomic mass is 35.5. The molecule has 6 heteroatoms. The molecule has 0 fully saturated rings. The first-order valence-electron chi connectivity index (χ1n) is 5.13. The molecule has 0 aliphatic heterocycles. The van der Waals surface area contributed by atoms with E-state index in [2.05, 4.69) is 5.16 Å². The lowest BCUT2D eigenvalue weighted by Crippen LogP contribution is -2.24. The number of rotatable bonds is 4. The van der Waals surface area contributed by atoms with Crippen LogP contribution in [0.3, 0.4) is 0 Å². The molecule has 0 saturated heterocycles. The summed E-state index contributed by atoms with van der Waals surface area (Å²) in [6.45, 7) is 1.60. The number of benzene rings is 1. The highest BCUT2D eigenvalue weighted by molar-refractivity contribution is 6.32. The summed E-state index contributed by atoms with van der Waals surface area (Å²) in [5.41, 5.74) is 0.0921. The molecule has 0 spiro atoms. The molecule has 2 aromatic rings. The lowest BCUT2D eigenvalue weighted by atomic mass is 10.2. The Kier molecular flexibility index (Phi) is 3.53. The number of halogens is 1. The summed E-state index contributed by atoms with van der Waals surface area (Å²) in [4.78, 5) is 10.8. The smallest absolute Gasteiger partial charge is 0.140 e. The Morgan fingerprint density at radius 3 is 2.89 bits per heavy atom. The molecule has 94 valence electrons. The van der Waals surface area contributed by atoms with Crippen LogP contribution in [0.4, 0.5) is 0 Å². The highest BCUT2D eigenvalue weighted by Gasteiger charge is 2.14. The Morgan fingerprint density at radius 1 is 1.50 bits per heavy atom. The van der Waals surface area contributed by atoms with Crippen molar-refractivity contribution in [2.45, 2.75) is 13.5 Å². The number of aromatic carboxylic acids is 1. The maximum absolute atomic E-state index is 10.8. The Hall–Kier alpha value is -2.01. The molecule has 0 aliphatic rings. The van der Waals surface area contributed by atoms with Gasteiger partial charge in [-0.2, -0.15) is 0 Å². The van der Waals surface area contributed by atoms with Crippen LogP contribution in [-0.2, 0) is 6.61 Å². The topological polar surface area (TPSA) is 75.4 Å². The van der Waals surface area contributed by atoms with Gasteiger partial charge in [-0.25, -0.2) is 0 Å². The average Bonchev–Trinajstić information content (AvgIpc) is 2.70. The van der Waals surface area contributed by atoms with E-state index in [4.69, 9.17) is 20.9 Å². The molecule has 0 amide bonds. The number of carbonyl (C=O) groups excluding carboxylic acids is 1. The fourth-order valence-electron chi connectivity index (χ4n) is 1.43. The van der Waals surface area contributed by atoms with E-state index < -0.39 is 5.97 Å². The summed E-state index contributed by atoms with van der Waals surface area (Å²) in [5.74, 6) is -0.560. The molecule has 0 atom stereocenters. The van der Waals surface area contributed by atoms with Crippen LogP contribution in [-0.4, -0.2) is 11.1 Å². The summed E-state index contributed by atoms with van der Waals surface area (Å²) < 4.78 is 10.2. The van der Waals surface area contributed by atoms with Gasteiger partial charge in [-0.1, -0.05) is 28.9 Å². The molecule has 0 radical (unpaired) electrons. The third kappa shape index (κ3) is 2.46. The van der Waals surface area contributed by atoms with Crippen molar-refractivity contribution < 1.29 is 19.2 Å². The van der Waals surface area contributed by atoms with Crippen molar-refractivity contribution in [3.63, 3.8) is 0 Å². The van der Waals surface area contributed by atoms with Crippen LogP contribution in [0.15, 0.2) is 28.8 Å². The van der Waals surface area contributed by atoms with Crippen molar-refractivity contribution in [3.05, 3.63) is 46.3 Å². The number of ether oxygens (including phenoxy) is 1. The van der Waals surface area contributed by atoms with Crippen LogP contribution in [0.2, 0.25) is 5.02 Å². The third-order valence-corrected chi connectivity index (χ3v) is 2.70. The third-order valence-electron chi connectivity index (χ3n) is 2.39. The molecule has 18 heavy (non-hydrogen) atoms. The summed E-state index contributed by atoms with van der Waals surface area (Å²) in [5, 5.41) is 14.6. The monoisotopic (exact) mass is 266 g/mol. The zero-order valence-corrected chi connectivity index (χ0v) is 10.2. The number of hydrogen-bond donors (Lipinski definition) is 0. The fraction of sp³-hybridized carbons (Fsp3) is 0.167. The minimum absolute atomic E-state index is 0.00236. The quantitative estimate of drug-likeness (QED) is 0.840. The number of carbonyl (C=O) groups is 1. The lowest BCUT2D eigenvalue weighted by molar-refractivity contribution is -0.255. The molecule has 0 unspecified atom stereocenters. The normalized spacial score (nSPS) is 10.3. The van der Waals surface area contributed by atoms with E-state index in [1.54, 1.807) is 31.2 Å². The van der Waals surface area contributed by atoms with Crippen LogP contribution in [0, 0.1) is 6.92 Å². The predicted octanol–water partition coefficient (Wildman–Crippen LogP) is 1.58. The molecule has 1 aromatic heterocycles. The fourth-order valence-corrected chi connectivity index (χ4v) is 1.62. The van der Waals surface area contributed by atoms with E-state index in [1.165, 1.54) is 0 Å². The number of para-hydroxylation sites is 1. The van der Waals surface area contributed by atoms with Crippen LogP contribution in [0.5, 0.6) is 5.75 Å². The van der Waals surface area contributed by atoms with Gasteiger partial charge >= 0.3 is 0 Å². The van der Waals surface area contributed by atoms with Crippen molar-refractivity contribution in [3.8, 4) is 5.75 Å². The first-order chi connectivity index (χ1) is 8.59. The van der Waals surface area contributed by atoms with Crippen molar-refractivity contribution >= 4 is 17.6 Å². The van der Waals surface area contributed by atoms with E-state index in [-0.39, 0.29) is 12.3 Å². The van der Waals surface area contributed by atoms with Gasteiger partial charge in [0.2, 0.25) is 0 Å². The lowest BCUT2D eigenvalue weighted by Gasteiger charge is -2.08. The maximum Gasteiger partial charge on any atom is 0.140 e. The zero-order valence-electron chi connectivity index (χ0n) is 9.47. The molecule has 0 aliphatic carbocycles. The standard InChI is InChI=1S/C12H10ClNO4/c1-7-8(11(12(15)16)14-18-7)6-17-10-5-3-2-4-9(10)13/h2-5H,6H2,1H3,(H,15,16)/p-1. The van der Waals surface area contributed by atoms with Gasteiger partial charge in [-0.05, 0) is 19.1 Å². The summed E-state index contributed by atoms with van der Waals surface area (Å²) in [6, 6.07) is 6.90. The highest BCUT2D eigenvalue weighted by Crippen LogP contribution is 2.25. The van der Waals surface area contributed by atoms with E-state index in [0.29, 0.717) is 22.1 Å². The zero-order chi connectivity index (χ0) is 13.1. The number of carboxylic acids is 1. The van der Waals surface area contributed by atoms with Gasteiger partial charge < -0.3 is 19.2 Å². The van der Waals surface area contributed by atoms with E-state index in [9.17, 15) is 9.90 Å². The minimum atomic E-state index is -1.40. The first-order valence-corrected chi connectivity index (χ1v) is 5.51. The number of carboxylic acid groups (broad SMARTS) is 1.